The molecule has 0 radical (unpaired) electrons. The zero-order chi connectivity index (χ0) is 20.5. The van der Waals surface area contributed by atoms with E-state index in [2.05, 4.69) is 10.9 Å². The van der Waals surface area contributed by atoms with Crippen molar-refractivity contribution in [3.63, 3.8) is 0 Å². The van der Waals surface area contributed by atoms with Crippen molar-refractivity contribution < 1.29 is 22.4 Å². The lowest BCUT2D eigenvalue weighted by atomic mass is 10.2. The number of sulfonamides is 1. The summed E-state index contributed by atoms with van der Waals surface area (Å²) in [6, 6.07) is 5.51. The number of nitrogens with zero attached hydrogens (tertiary/aromatic N) is 1. The van der Waals surface area contributed by atoms with Crippen LogP contribution in [0.3, 0.4) is 0 Å². The van der Waals surface area contributed by atoms with Crippen LogP contribution in [0.1, 0.15) is 45.1 Å². The molecule has 2 amide bonds. The van der Waals surface area contributed by atoms with Crippen LogP contribution in [0.4, 0.5) is 0 Å². The Morgan fingerprint density at radius 2 is 1.71 bits per heavy atom. The van der Waals surface area contributed by atoms with Gasteiger partial charge in [0, 0.05) is 18.7 Å². The van der Waals surface area contributed by atoms with Crippen molar-refractivity contribution in [2.45, 2.75) is 31.6 Å². The zero-order valence-electron chi connectivity index (χ0n) is 15.4. The molecule has 1 aliphatic heterocycles. The minimum atomic E-state index is -3.78. The average Bonchev–Trinajstić information content (AvgIpc) is 3.29. The summed E-state index contributed by atoms with van der Waals surface area (Å²) in [7, 11) is -3.78. The normalized spacial score (nSPS) is 14.8. The molecule has 0 unspecified atom stereocenters. The zero-order valence-corrected chi connectivity index (χ0v) is 17.0. The van der Waals surface area contributed by atoms with Gasteiger partial charge < -0.3 is 4.42 Å². The second-order valence-corrected chi connectivity index (χ2v) is 8.81. The Kier molecular flexibility index (Phi) is 5.78. The van der Waals surface area contributed by atoms with Gasteiger partial charge in [-0.05, 0) is 51.0 Å². The molecule has 1 aromatic heterocycles. The van der Waals surface area contributed by atoms with Gasteiger partial charge >= 0.3 is 0 Å². The molecule has 2 N–H and O–H groups in total. The second kappa shape index (κ2) is 7.94. The van der Waals surface area contributed by atoms with Crippen LogP contribution in [0.25, 0.3) is 0 Å². The topological polar surface area (TPSA) is 109 Å². The van der Waals surface area contributed by atoms with Crippen LogP contribution in [-0.2, 0) is 10.0 Å². The first-order chi connectivity index (χ1) is 13.2. The van der Waals surface area contributed by atoms with Crippen molar-refractivity contribution in [3.05, 3.63) is 51.9 Å². The molecule has 1 aliphatic rings. The lowest BCUT2D eigenvalue weighted by Gasteiger charge is -2.17. The predicted octanol–water partition coefficient (Wildman–Crippen LogP) is 2.41. The molecule has 150 valence electrons. The Bertz CT molecular complexity index is 1030. The number of hydrazine groups is 1. The summed E-state index contributed by atoms with van der Waals surface area (Å²) < 4.78 is 32.1. The summed E-state index contributed by atoms with van der Waals surface area (Å²) in [4.78, 5) is 24.4. The quantitative estimate of drug-likeness (QED) is 0.731. The minimum absolute atomic E-state index is 0.0389. The Hall–Kier alpha value is -2.36. The first-order valence-corrected chi connectivity index (χ1v) is 10.5. The highest BCUT2D eigenvalue weighted by molar-refractivity contribution is 7.89. The van der Waals surface area contributed by atoms with Gasteiger partial charge in [0.25, 0.3) is 11.8 Å². The highest BCUT2D eigenvalue weighted by Crippen LogP contribution is 2.28. The number of aryl methyl sites for hydroxylation is 2. The number of hydrogen-bond acceptors (Lipinski definition) is 5. The smallest absolute Gasteiger partial charge is 0.273 e. The number of rotatable bonds is 4. The van der Waals surface area contributed by atoms with Gasteiger partial charge in [-0.3, -0.25) is 20.4 Å². The lowest BCUT2D eigenvalue weighted by Crippen LogP contribution is -2.41. The first-order valence-electron chi connectivity index (χ1n) is 8.67. The van der Waals surface area contributed by atoms with Crippen LogP contribution < -0.4 is 10.9 Å². The van der Waals surface area contributed by atoms with Crippen molar-refractivity contribution in [1.82, 2.24) is 15.2 Å². The molecule has 3 rings (SSSR count). The monoisotopic (exact) mass is 425 g/mol. The largest absolute Gasteiger partial charge is 0.466 e. The van der Waals surface area contributed by atoms with Crippen molar-refractivity contribution in [1.29, 1.82) is 0 Å². The first kappa shape index (κ1) is 20.4. The van der Waals surface area contributed by atoms with Crippen molar-refractivity contribution in [2.75, 3.05) is 13.1 Å². The van der Waals surface area contributed by atoms with E-state index >= 15 is 0 Å². The van der Waals surface area contributed by atoms with Crippen LogP contribution in [0.5, 0.6) is 0 Å². The summed E-state index contributed by atoms with van der Waals surface area (Å²) >= 11 is 6.07. The summed E-state index contributed by atoms with van der Waals surface area (Å²) in [5.41, 5.74) is 4.91. The number of halogens is 1. The molecule has 8 nitrogen and oxygen atoms in total. The second-order valence-electron chi connectivity index (χ2n) is 6.49. The number of nitrogens with one attached hydrogen (secondary N) is 2. The van der Waals surface area contributed by atoms with E-state index in [-0.39, 0.29) is 15.5 Å². The molecular formula is C18H20ClN3O5S. The van der Waals surface area contributed by atoms with Gasteiger partial charge in [0.2, 0.25) is 10.0 Å². The molecular weight excluding hydrogens is 406 g/mol. The molecule has 1 fully saturated rings. The Morgan fingerprint density at radius 1 is 1.07 bits per heavy atom. The van der Waals surface area contributed by atoms with Gasteiger partial charge in [0.15, 0.2) is 0 Å². The predicted molar refractivity (Wildman–Crippen MR) is 103 cm³/mol. The number of furan rings is 1. The fourth-order valence-electron chi connectivity index (χ4n) is 3.02. The van der Waals surface area contributed by atoms with E-state index in [1.54, 1.807) is 19.9 Å². The molecule has 0 aliphatic carbocycles. The Morgan fingerprint density at radius 3 is 2.32 bits per heavy atom. The summed E-state index contributed by atoms with van der Waals surface area (Å²) in [6.07, 6.45) is 1.58. The molecule has 0 atom stereocenters. The Labute approximate surface area is 167 Å². The standard InChI is InChI=1S/C18H20ClN3O5S/c1-11-9-14(12(2)27-11)18(24)21-20-17(23)13-5-6-15(19)16(10-13)28(25,26)22-7-3-4-8-22/h5-6,9-10H,3-4,7-8H2,1-2H3,(H,20,23)(H,21,24). The van der Waals surface area contributed by atoms with Crippen molar-refractivity contribution in [3.8, 4) is 0 Å². The lowest BCUT2D eigenvalue weighted by molar-refractivity contribution is 0.0845. The highest BCUT2D eigenvalue weighted by atomic mass is 35.5. The molecule has 1 saturated heterocycles. The number of hydrogen-bond donors (Lipinski definition) is 2. The number of amides is 2. The van der Waals surface area contributed by atoms with Crippen LogP contribution in [0, 0.1) is 13.8 Å². The Balaban J connectivity index is 1.75. The maximum atomic E-state index is 12.8. The van der Waals surface area contributed by atoms with E-state index in [9.17, 15) is 18.0 Å². The fraction of sp³-hybridized carbons (Fsp3) is 0.333. The molecule has 2 heterocycles. The SMILES string of the molecule is Cc1cc(C(=O)NNC(=O)c2ccc(Cl)c(S(=O)(=O)N3CCCC3)c2)c(C)o1. The van der Waals surface area contributed by atoms with E-state index in [1.807, 2.05) is 0 Å². The van der Waals surface area contributed by atoms with E-state index in [0.717, 1.165) is 12.8 Å². The van der Waals surface area contributed by atoms with Gasteiger partial charge in [-0.2, -0.15) is 4.31 Å². The number of carbonyl (C=O) groups excluding carboxylic acids is 2. The third kappa shape index (κ3) is 4.06. The van der Waals surface area contributed by atoms with Crippen LogP contribution in [0.2, 0.25) is 5.02 Å². The maximum absolute atomic E-state index is 12.8. The van der Waals surface area contributed by atoms with Crippen molar-refractivity contribution >= 4 is 33.4 Å². The molecule has 28 heavy (non-hydrogen) atoms. The average molecular weight is 426 g/mol. The van der Waals surface area contributed by atoms with Gasteiger partial charge in [-0.25, -0.2) is 8.42 Å². The summed E-state index contributed by atoms with van der Waals surface area (Å²) in [6.45, 7) is 4.19. The molecule has 10 heteroatoms. The van der Waals surface area contributed by atoms with E-state index in [4.69, 9.17) is 16.0 Å². The number of carbonyl (C=O) groups is 2. The molecule has 0 bridgehead atoms. The van der Waals surface area contributed by atoms with Crippen LogP contribution >= 0.6 is 11.6 Å². The van der Waals surface area contributed by atoms with Gasteiger partial charge in [-0.1, -0.05) is 11.6 Å². The third-order valence-corrected chi connectivity index (χ3v) is 6.83. The van der Waals surface area contributed by atoms with Gasteiger partial charge in [0.1, 0.15) is 16.4 Å². The highest BCUT2D eigenvalue weighted by Gasteiger charge is 2.29. The third-order valence-electron chi connectivity index (χ3n) is 4.45. The summed E-state index contributed by atoms with van der Waals surface area (Å²) in [5, 5.41) is 0.0389. The fourth-order valence-corrected chi connectivity index (χ4v) is 5.04. The van der Waals surface area contributed by atoms with Gasteiger partial charge in [0.05, 0.1) is 10.6 Å². The van der Waals surface area contributed by atoms with Crippen LogP contribution in [0.15, 0.2) is 33.6 Å². The summed E-state index contributed by atoms with van der Waals surface area (Å²) in [5.74, 6) is -0.208. The molecule has 2 aromatic rings. The van der Waals surface area contributed by atoms with E-state index in [0.29, 0.717) is 30.2 Å². The van der Waals surface area contributed by atoms with Crippen molar-refractivity contribution in [2.24, 2.45) is 0 Å². The minimum Gasteiger partial charge on any atom is -0.466 e. The maximum Gasteiger partial charge on any atom is 0.273 e. The van der Waals surface area contributed by atoms with Crippen LogP contribution in [-0.4, -0.2) is 37.6 Å². The van der Waals surface area contributed by atoms with E-state index in [1.165, 1.54) is 22.5 Å². The molecule has 0 saturated carbocycles. The number of benzene rings is 1. The van der Waals surface area contributed by atoms with Gasteiger partial charge in [-0.15, -0.1) is 0 Å². The molecule has 1 aromatic carbocycles. The van der Waals surface area contributed by atoms with E-state index < -0.39 is 21.8 Å². The molecule has 0 spiro atoms.